The number of halogens is 6. The van der Waals surface area contributed by atoms with Crippen LogP contribution in [0.4, 0.5) is 42.5 Å². The second kappa shape index (κ2) is 15.8. The highest BCUT2D eigenvalue weighted by atomic mass is 19.4. The molecule has 2 saturated heterocycles. The van der Waals surface area contributed by atoms with Crippen LogP contribution in [0, 0.1) is 0 Å². The third kappa shape index (κ3) is 8.76. The van der Waals surface area contributed by atoms with Gasteiger partial charge in [0.15, 0.2) is 23.1 Å². The summed E-state index contributed by atoms with van der Waals surface area (Å²) >= 11 is 0. The van der Waals surface area contributed by atoms with Crippen molar-refractivity contribution in [2.75, 3.05) is 9.80 Å². The van der Waals surface area contributed by atoms with Crippen molar-refractivity contribution in [1.29, 1.82) is 0 Å². The van der Waals surface area contributed by atoms with Gasteiger partial charge in [-0.1, -0.05) is 0 Å². The lowest BCUT2D eigenvalue weighted by Gasteiger charge is -2.20. The molecule has 2 aromatic heterocycles. The lowest BCUT2D eigenvalue weighted by atomic mass is 10.1. The van der Waals surface area contributed by atoms with Gasteiger partial charge < -0.3 is 18.9 Å². The van der Waals surface area contributed by atoms with Crippen LogP contribution in [0.5, 0.6) is 23.0 Å². The van der Waals surface area contributed by atoms with E-state index >= 15 is 0 Å². The number of nitrogens with zero attached hydrogens (tertiary/aromatic N) is 8. The number of hydrogen-bond donors (Lipinski definition) is 0. The summed E-state index contributed by atoms with van der Waals surface area (Å²) in [4.78, 5) is 75.1. The normalized spacial score (nSPS) is 14.5. The van der Waals surface area contributed by atoms with Crippen molar-refractivity contribution < 1.29 is 69.3 Å². The third-order valence-electron chi connectivity index (χ3n) is 9.06. The minimum absolute atomic E-state index is 0.0486. The zero-order valence-electron chi connectivity index (χ0n) is 31.1. The molecule has 2 aliphatic rings. The molecule has 0 atom stereocenters. The molecule has 2 fully saturated rings. The SMILES string of the molecule is O=C(Oc1ccc(-c2ncn(-c3ccc(OC(F)(F)F)cc3)n2)cc1N1C(=O)CCC1=O)Oc1ccc(-c2ncn(-c3ccc(OC(F)(F)F)cc3)n2)cc1N1C(=O)CCC1=O. The van der Waals surface area contributed by atoms with Crippen LogP contribution in [0.3, 0.4) is 0 Å². The molecule has 4 amide bonds. The summed E-state index contributed by atoms with van der Waals surface area (Å²) in [6.45, 7) is 0. The number of alkyl halides is 6. The van der Waals surface area contributed by atoms with Gasteiger partial charge in [-0.15, -0.1) is 36.5 Å². The first-order chi connectivity index (χ1) is 29.5. The summed E-state index contributed by atoms with van der Waals surface area (Å²) in [5.74, 6) is -3.90. The van der Waals surface area contributed by atoms with Crippen LogP contribution in [0.2, 0.25) is 0 Å². The first-order valence-corrected chi connectivity index (χ1v) is 17.9. The van der Waals surface area contributed by atoms with E-state index in [4.69, 9.17) is 9.47 Å². The van der Waals surface area contributed by atoms with Crippen molar-refractivity contribution >= 4 is 41.2 Å². The lowest BCUT2D eigenvalue weighted by Crippen LogP contribution is -2.30. The second-order valence-electron chi connectivity index (χ2n) is 13.2. The van der Waals surface area contributed by atoms with E-state index in [-0.39, 0.29) is 71.3 Å². The highest BCUT2D eigenvalue weighted by Crippen LogP contribution is 2.39. The van der Waals surface area contributed by atoms with E-state index in [0.717, 1.165) is 34.1 Å². The number of rotatable bonds is 10. The Morgan fingerprint density at radius 1 is 0.516 bits per heavy atom. The maximum Gasteiger partial charge on any atom is 0.573 e. The minimum Gasteiger partial charge on any atom is -0.406 e. The first-order valence-electron chi connectivity index (χ1n) is 17.9. The van der Waals surface area contributed by atoms with Gasteiger partial charge in [0.25, 0.3) is 0 Å². The number of aromatic nitrogens is 6. The van der Waals surface area contributed by atoms with Crippen LogP contribution in [-0.4, -0.2) is 72.0 Å². The van der Waals surface area contributed by atoms with Gasteiger partial charge in [-0.3, -0.25) is 19.2 Å². The Hall–Kier alpha value is -8.11. The molecule has 62 heavy (non-hydrogen) atoms. The van der Waals surface area contributed by atoms with Gasteiger partial charge in [0, 0.05) is 36.8 Å². The van der Waals surface area contributed by atoms with Crippen molar-refractivity contribution in [2.24, 2.45) is 0 Å². The maximum atomic E-state index is 13.5. The monoisotopic (exact) mass is 862 g/mol. The van der Waals surface area contributed by atoms with E-state index in [2.05, 4.69) is 29.6 Å². The predicted molar refractivity (Wildman–Crippen MR) is 197 cm³/mol. The Bertz CT molecular complexity index is 2540. The molecule has 8 rings (SSSR count). The van der Waals surface area contributed by atoms with E-state index in [1.807, 2.05) is 0 Å². The van der Waals surface area contributed by atoms with Crippen LogP contribution < -0.4 is 28.7 Å². The van der Waals surface area contributed by atoms with Gasteiger partial charge in [-0.25, -0.2) is 33.9 Å². The van der Waals surface area contributed by atoms with Gasteiger partial charge >= 0.3 is 18.9 Å². The van der Waals surface area contributed by atoms with Gasteiger partial charge in [0.1, 0.15) is 24.2 Å². The number of hydrogen-bond acceptors (Lipinski definition) is 13. The molecule has 2 aliphatic heterocycles. The topological polar surface area (TPSA) is 190 Å². The molecule has 0 radical (unpaired) electrons. The number of anilines is 2. The number of carbonyl (C=O) groups excluding carboxylic acids is 5. The summed E-state index contributed by atoms with van der Waals surface area (Å²) in [5, 5.41) is 8.68. The molecule has 316 valence electrons. The van der Waals surface area contributed by atoms with Crippen molar-refractivity contribution in [3.63, 3.8) is 0 Å². The zero-order chi connectivity index (χ0) is 43.9. The van der Waals surface area contributed by atoms with Crippen LogP contribution in [0.15, 0.2) is 97.6 Å². The van der Waals surface area contributed by atoms with Crippen molar-refractivity contribution in [3.05, 3.63) is 97.6 Å². The summed E-state index contributed by atoms with van der Waals surface area (Å²) in [7, 11) is 0. The number of carbonyl (C=O) groups is 5. The lowest BCUT2D eigenvalue weighted by molar-refractivity contribution is -0.275. The zero-order valence-corrected chi connectivity index (χ0v) is 31.1. The van der Waals surface area contributed by atoms with Crippen molar-refractivity contribution in [2.45, 2.75) is 38.4 Å². The fraction of sp³-hybridized carbons (Fsp3) is 0.154. The van der Waals surface area contributed by atoms with Crippen molar-refractivity contribution in [3.8, 4) is 57.1 Å². The average molecular weight is 863 g/mol. The van der Waals surface area contributed by atoms with Gasteiger partial charge in [0.05, 0.1) is 22.7 Å². The number of amides is 4. The third-order valence-corrected chi connectivity index (χ3v) is 9.06. The number of imide groups is 2. The molecule has 0 aliphatic carbocycles. The van der Waals surface area contributed by atoms with E-state index in [1.165, 1.54) is 82.7 Å². The average Bonchev–Trinajstić information content (AvgIpc) is 4.03. The number of ether oxygens (including phenoxy) is 4. The Kier molecular flexibility index (Phi) is 10.4. The molecule has 0 N–H and O–H groups in total. The minimum atomic E-state index is -4.89. The highest BCUT2D eigenvalue weighted by Gasteiger charge is 2.36. The van der Waals surface area contributed by atoms with Crippen LogP contribution >= 0.6 is 0 Å². The Balaban J connectivity index is 1.05. The van der Waals surface area contributed by atoms with Gasteiger partial charge in [-0.2, -0.15) is 0 Å². The molecule has 23 heteroatoms. The molecule has 4 heterocycles. The largest absolute Gasteiger partial charge is 0.573 e. The summed E-state index contributed by atoms with van der Waals surface area (Å²) in [5.41, 5.74) is 0.735. The molecule has 0 bridgehead atoms. The molecule has 0 spiro atoms. The van der Waals surface area contributed by atoms with Gasteiger partial charge in [-0.05, 0) is 84.9 Å². The molecule has 0 unspecified atom stereocenters. The summed E-state index contributed by atoms with van der Waals surface area (Å²) < 4.78 is 97.0. The van der Waals surface area contributed by atoms with Crippen LogP contribution in [0.1, 0.15) is 25.7 Å². The first kappa shape index (κ1) is 40.7. The summed E-state index contributed by atoms with van der Waals surface area (Å²) in [6.07, 6.45) is -9.21. The van der Waals surface area contributed by atoms with E-state index in [9.17, 15) is 50.3 Å². The fourth-order valence-electron chi connectivity index (χ4n) is 6.37. The molecular formula is C39H24F6N8O9. The molecule has 0 saturated carbocycles. The van der Waals surface area contributed by atoms with Crippen molar-refractivity contribution in [1.82, 2.24) is 29.5 Å². The van der Waals surface area contributed by atoms with Crippen LogP contribution in [0.25, 0.3) is 34.2 Å². The van der Waals surface area contributed by atoms with E-state index in [0.29, 0.717) is 11.4 Å². The molecule has 6 aromatic rings. The second-order valence-corrected chi connectivity index (χ2v) is 13.2. The maximum absolute atomic E-state index is 13.5. The quantitative estimate of drug-likeness (QED) is 0.0601. The smallest absolute Gasteiger partial charge is 0.406 e. The van der Waals surface area contributed by atoms with E-state index < -0.39 is 54.0 Å². The molecule has 17 nitrogen and oxygen atoms in total. The van der Waals surface area contributed by atoms with Gasteiger partial charge in [0.2, 0.25) is 23.6 Å². The van der Waals surface area contributed by atoms with E-state index in [1.54, 1.807) is 0 Å². The highest BCUT2D eigenvalue weighted by molar-refractivity contribution is 6.21. The Morgan fingerprint density at radius 2 is 0.871 bits per heavy atom. The Morgan fingerprint density at radius 3 is 1.21 bits per heavy atom. The Labute approximate surface area is 342 Å². The fourth-order valence-corrected chi connectivity index (χ4v) is 6.37. The van der Waals surface area contributed by atoms with Crippen LogP contribution in [-0.2, 0) is 19.2 Å². The molecule has 4 aromatic carbocycles. The predicted octanol–water partition coefficient (Wildman–Crippen LogP) is 6.86. The molecular weight excluding hydrogens is 838 g/mol. The number of benzene rings is 4. The standard InChI is InChI=1S/C39H24F6N8O9/c40-38(41,42)61-25-7-3-23(4-8-25)50-19-46-35(48-50)21-1-11-29(27(17-21)52-31(54)13-14-32(52)55)59-37(58)60-30-12-2-22(18-28(30)53-33(56)15-16-34(53)57)36-47-20-51(49-36)24-5-9-26(10-6-24)62-39(43,44)45/h1-12,17-20H,13-16H2. The summed E-state index contributed by atoms with van der Waals surface area (Å²) in [6, 6.07) is 17.4.